The summed E-state index contributed by atoms with van der Waals surface area (Å²) >= 11 is 0. The summed E-state index contributed by atoms with van der Waals surface area (Å²) in [7, 11) is 0. The molecule has 1 aliphatic heterocycles. The van der Waals surface area contributed by atoms with E-state index in [1.54, 1.807) is 0 Å². The molecule has 2 rings (SSSR count). The first-order valence-corrected chi connectivity index (χ1v) is 5.16. The van der Waals surface area contributed by atoms with Crippen LogP contribution in [0.2, 0.25) is 0 Å². The molecule has 0 spiro atoms. The molecule has 0 bridgehead atoms. The van der Waals surface area contributed by atoms with Crippen LogP contribution in [0.1, 0.15) is 19.4 Å². The van der Waals surface area contributed by atoms with E-state index in [-0.39, 0.29) is 17.9 Å². The molecule has 1 amide bonds. The quantitative estimate of drug-likeness (QED) is 0.764. The molecule has 3 heteroatoms. The second-order valence-electron chi connectivity index (χ2n) is 4.27. The van der Waals surface area contributed by atoms with Crippen molar-refractivity contribution in [3.63, 3.8) is 0 Å². The maximum atomic E-state index is 11.6. The summed E-state index contributed by atoms with van der Waals surface area (Å²) in [5, 5.41) is 2.85. The highest BCUT2D eigenvalue weighted by Gasteiger charge is 2.29. The lowest BCUT2D eigenvalue weighted by molar-refractivity contribution is -0.125. The van der Waals surface area contributed by atoms with Gasteiger partial charge in [-0.25, -0.2) is 0 Å². The second-order valence-corrected chi connectivity index (χ2v) is 4.27. The van der Waals surface area contributed by atoms with Crippen LogP contribution in [0, 0.1) is 12.8 Å². The zero-order valence-corrected chi connectivity index (χ0v) is 9.20. The van der Waals surface area contributed by atoms with Gasteiger partial charge in [-0.15, -0.1) is 0 Å². The largest absolute Gasteiger partial charge is 0.478 e. The lowest BCUT2D eigenvalue weighted by atomic mass is 10.0. The lowest BCUT2D eigenvalue weighted by Crippen LogP contribution is -2.40. The van der Waals surface area contributed by atoms with Crippen molar-refractivity contribution in [3.8, 4) is 5.75 Å². The zero-order chi connectivity index (χ0) is 11.0. The van der Waals surface area contributed by atoms with E-state index in [1.165, 1.54) is 0 Å². The van der Waals surface area contributed by atoms with Gasteiger partial charge in [-0.1, -0.05) is 19.9 Å². The molecule has 0 saturated carbocycles. The van der Waals surface area contributed by atoms with E-state index in [9.17, 15) is 4.79 Å². The van der Waals surface area contributed by atoms with Crippen molar-refractivity contribution in [2.45, 2.75) is 26.9 Å². The molecule has 0 fully saturated rings. The van der Waals surface area contributed by atoms with E-state index in [0.717, 1.165) is 17.0 Å². The Labute approximate surface area is 89.4 Å². The van der Waals surface area contributed by atoms with Crippen LogP contribution < -0.4 is 10.1 Å². The van der Waals surface area contributed by atoms with E-state index in [2.05, 4.69) is 5.32 Å². The minimum atomic E-state index is -0.376. The molecule has 1 N–H and O–H groups in total. The summed E-state index contributed by atoms with van der Waals surface area (Å²) < 4.78 is 5.67. The van der Waals surface area contributed by atoms with Crippen LogP contribution in [0.15, 0.2) is 18.2 Å². The Morgan fingerprint density at radius 1 is 1.40 bits per heavy atom. The number of aryl methyl sites for hydroxylation is 1. The summed E-state index contributed by atoms with van der Waals surface area (Å²) in [5.74, 6) is 0.897. The highest BCUT2D eigenvalue weighted by atomic mass is 16.5. The number of carbonyl (C=O) groups excluding carboxylic acids is 1. The summed E-state index contributed by atoms with van der Waals surface area (Å²) in [6, 6.07) is 5.78. The van der Waals surface area contributed by atoms with Crippen molar-refractivity contribution in [1.82, 2.24) is 0 Å². The third-order valence-electron chi connectivity index (χ3n) is 2.51. The molecule has 1 heterocycles. The molecule has 0 aromatic heterocycles. The van der Waals surface area contributed by atoms with Crippen molar-refractivity contribution < 1.29 is 9.53 Å². The number of carbonyl (C=O) groups is 1. The number of hydrogen-bond acceptors (Lipinski definition) is 2. The molecular formula is C12H15NO2. The average molecular weight is 205 g/mol. The predicted octanol–water partition coefficient (Wildman–Crippen LogP) is 2.35. The van der Waals surface area contributed by atoms with Crippen LogP contribution >= 0.6 is 0 Å². The SMILES string of the molecule is Cc1ccc2c(c1)OC(C(C)C)C(=O)N2. The maximum Gasteiger partial charge on any atom is 0.265 e. The maximum absolute atomic E-state index is 11.6. The van der Waals surface area contributed by atoms with Gasteiger partial charge in [0, 0.05) is 0 Å². The molecule has 1 aliphatic rings. The molecule has 15 heavy (non-hydrogen) atoms. The van der Waals surface area contributed by atoms with Gasteiger partial charge in [-0.2, -0.15) is 0 Å². The summed E-state index contributed by atoms with van der Waals surface area (Å²) in [6.45, 7) is 5.96. The number of benzene rings is 1. The Bertz CT molecular complexity index is 399. The molecule has 0 saturated heterocycles. The molecule has 0 radical (unpaired) electrons. The van der Waals surface area contributed by atoms with E-state index in [1.807, 2.05) is 39.0 Å². The number of fused-ring (bicyclic) bond motifs is 1. The van der Waals surface area contributed by atoms with Gasteiger partial charge < -0.3 is 10.1 Å². The topological polar surface area (TPSA) is 38.3 Å². The minimum Gasteiger partial charge on any atom is -0.478 e. The van der Waals surface area contributed by atoms with Crippen LogP contribution in [0.25, 0.3) is 0 Å². The average Bonchev–Trinajstić information content (AvgIpc) is 2.17. The van der Waals surface area contributed by atoms with Gasteiger partial charge in [0.25, 0.3) is 5.91 Å². The summed E-state index contributed by atoms with van der Waals surface area (Å²) in [4.78, 5) is 11.6. The first-order chi connectivity index (χ1) is 7.08. The summed E-state index contributed by atoms with van der Waals surface area (Å²) in [5.41, 5.74) is 1.90. The Morgan fingerprint density at radius 2 is 2.13 bits per heavy atom. The van der Waals surface area contributed by atoms with Crippen LogP contribution in [-0.4, -0.2) is 12.0 Å². The molecule has 1 unspecified atom stereocenters. The van der Waals surface area contributed by atoms with E-state index < -0.39 is 0 Å². The first-order valence-electron chi connectivity index (χ1n) is 5.16. The number of anilines is 1. The summed E-state index contributed by atoms with van der Waals surface area (Å²) in [6.07, 6.45) is -0.376. The Balaban J connectivity index is 2.34. The van der Waals surface area contributed by atoms with Gasteiger partial charge in [0.05, 0.1) is 5.69 Å². The fourth-order valence-corrected chi connectivity index (χ4v) is 1.66. The van der Waals surface area contributed by atoms with Gasteiger partial charge in [-0.05, 0) is 30.5 Å². The number of ether oxygens (including phenoxy) is 1. The predicted molar refractivity (Wildman–Crippen MR) is 59.1 cm³/mol. The van der Waals surface area contributed by atoms with Gasteiger partial charge in [0.15, 0.2) is 6.10 Å². The van der Waals surface area contributed by atoms with Gasteiger partial charge in [-0.3, -0.25) is 4.79 Å². The fraction of sp³-hybridized carbons (Fsp3) is 0.417. The van der Waals surface area contributed by atoms with Gasteiger partial charge in [0.1, 0.15) is 5.75 Å². The first kappa shape index (κ1) is 10.0. The third-order valence-corrected chi connectivity index (χ3v) is 2.51. The number of hydrogen-bond donors (Lipinski definition) is 1. The molecule has 1 atom stereocenters. The molecule has 1 aromatic rings. The zero-order valence-electron chi connectivity index (χ0n) is 9.20. The number of nitrogens with one attached hydrogen (secondary N) is 1. The normalized spacial score (nSPS) is 19.5. The standard InChI is InChI=1S/C12H15NO2/c1-7(2)11-12(14)13-9-5-4-8(3)6-10(9)15-11/h4-7,11H,1-3H3,(H,13,14). The lowest BCUT2D eigenvalue weighted by Gasteiger charge is -2.28. The Kier molecular flexibility index (Phi) is 2.39. The number of rotatable bonds is 1. The minimum absolute atomic E-state index is 0.0543. The van der Waals surface area contributed by atoms with Crippen LogP contribution in [-0.2, 0) is 4.79 Å². The van der Waals surface area contributed by atoms with Gasteiger partial charge >= 0.3 is 0 Å². The molecule has 0 aliphatic carbocycles. The monoisotopic (exact) mass is 205 g/mol. The Hall–Kier alpha value is -1.51. The molecule has 1 aromatic carbocycles. The fourth-order valence-electron chi connectivity index (χ4n) is 1.66. The third kappa shape index (κ3) is 1.82. The molecular weight excluding hydrogens is 190 g/mol. The van der Waals surface area contributed by atoms with Crippen molar-refractivity contribution >= 4 is 11.6 Å². The van der Waals surface area contributed by atoms with Gasteiger partial charge in [0.2, 0.25) is 0 Å². The molecule has 3 nitrogen and oxygen atoms in total. The Morgan fingerprint density at radius 3 is 2.80 bits per heavy atom. The van der Waals surface area contributed by atoms with Crippen molar-refractivity contribution in [1.29, 1.82) is 0 Å². The van der Waals surface area contributed by atoms with E-state index in [4.69, 9.17) is 4.74 Å². The van der Waals surface area contributed by atoms with Crippen LogP contribution in [0.3, 0.4) is 0 Å². The van der Waals surface area contributed by atoms with Crippen molar-refractivity contribution in [2.75, 3.05) is 5.32 Å². The number of amides is 1. The highest BCUT2D eigenvalue weighted by molar-refractivity contribution is 5.97. The highest BCUT2D eigenvalue weighted by Crippen LogP contribution is 2.31. The van der Waals surface area contributed by atoms with Crippen LogP contribution in [0.4, 0.5) is 5.69 Å². The molecule has 80 valence electrons. The van der Waals surface area contributed by atoms with E-state index in [0.29, 0.717) is 0 Å². The van der Waals surface area contributed by atoms with Crippen molar-refractivity contribution in [2.24, 2.45) is 5.92 Å². The second kappa shape index (κ2) is 3.57. The van der Waals surface area contributed by atoms with Crippen molar-refractivity contribution in [3.05, 3.63) is 23.8 Å². The smallest absolute Gasteiger partial charge is 0.265 e. The van der Waals surface area contributed by atoms with Crippen LogP contribution in [0.5, 0.6) is 5.75 Å². The van der Waals surface area contributed by atoms with E-state index >= 15 is 0 Å².